The lowest BCUT2D eigenvalue weighted by Gasteiger charge is -2.34. The number of hydrogen-bond acceptors (Lipinski definition) is 5. The van der Waals surface area contributed by atoms with Crippen LogP contribution in [0.15, 0.2) is 0 Å². The molecule has 1 amide bonds. The van der Waals surface area contributed by atoms with Crippen molar-refractivity contribution < 1.29 is 19.0 Å². The molecular formula is C13H24N2O4. The fraction of sp³-hybridized carbons (Fsp3) is 0.923. The lowest BCUT2D eigenvalue weighted by Crippen LogP contribution is -2.51. The molecular weight excluding hydrogens is 248 g/mol. The molecule has 2 saturated heterocycles. The van der Waals surface area contributed by atoms with E-state index in [2.05, 4.69) is 0 Å². The second-order valence-electron chi connectivity index (χ2n) is 6.44. The van der Waals surface area contributed by atoms with E-state index in [0.717, 1.165) is 0 Å². The Morgan fingerprint density at radius 3 is 2.63 bits per heavy atom. The highest BCUT2D eigenvalue weighted by atomic mass is 16.6. The average Bonchev–Trinajstić information content (AvgIpc) is 2.51. The van der Waals surface area contributed by atoms with Gasteiger partial charge in [0.1, 0.15) is 5.60 Å². The zero-order chi connectivity index (χ0) is 14.1. The number of nitrogens with two attached hydrogens (primary N) is 1. The van der Waals surface area contributed by atoms with Gasteiger partial charge >= 0.3 is 6.09 Å². The van der Waals surface area contributed by atoms with E-state index in [9.17, 15) is 4.79 Å². The summed E-state index contributed by atoms with van der Waals surface area (Å²) >= 11 is 0. The van der Waals surface area contributed by atoms with E-state index in [0.29, 0.717) is 39.5 Å². The summed E-state index contributed by atoms with van der Waals surface area (Å²) in [6.07, 6.45) is -0.309. The van der Waals surface area contributed by atoms with E-state index in [1.807, 2.05) is 20.8 Å². The van der Waals surface area contributed by atoms with Gasteiger partial charge in [-0.05, 0) is 20.8 Å². The van der Waals surface area contributed by atoms with Crippen LogP contribution in [-0.4, -0.2) is 62.2 Å². The summed E-state index contributed by atoms with van der Waals surface area (Å²) in [4.78, 5) is 13.9. The van der Waals surface area contributed by atoms with E-state index >= 15 is 0 Å². The van der Waals surface area contributed by atoms with Crippen LogP contribution in [0.2, 0.25) is 0 Å². The Balaban J connectivity index is 2.06. The van der Waals surface area contributed by atoms with Gasteiger partial charge in [-0.2, -0.15) is 0 Å². The van der Waals surface area contributed by atoms with Gasteiger partial charge in [0.15, 0.2) is 0 Å². The summed E-state index contributed by atoms with van der Waals surface area (Å²) in [5.74, 6) is 0. The molecule has 0 aliphatic carbocycles. The lowest BCUT2D eigenvalue weighted by atomic mass is 9.84. The van der Waals surface area contributed by atoms with Gasteiger partial charge in [-0.1, -0.05) is 0 Å². The predicted octanol–water partition coefficient (Wildman–Crippen LogP) is 0.598. The number of ether oxygens (including phenoxy) is 3. The molecule has 19 heavy (non-hydrogen) atoms. The summed E-state index contributed by atoms with van der Waals surface area (Å²) in [5.41, 5.74) is 5.33. The molecule has 2 aliphatic rings. The molecule has 2 N–H and O–H groups in total. The first-order valence-electron chi connectivity index (χ1n) is 6.71. The van der Waals surface area contributed by atoms with Crippen molar-refractivity contribution in [3.05, 3.63) is 0 Å². The summed E-state index contributed by atoms with van der Waals surface area (Å²) in [7, 11) is 0. The predicted molar refractivity (Wildman–Crippen MR) is 69.9 cm³/mol. The van der Waals surface area contributed by atoms with Gasteiger partial charge in [0.2, 0.25) is 0 Å². The summed E-state index contributed by atoms with van der Waals surface area (Å²) in [5, 5.41) is 0. The topological polar surface area (TPSA) is 74.0 Å². The quantitative estimate of drug-likeness (QED) is 0.699. The smallest absolute Gasteiger partial charge is 0.410 e. The van der Waals surface area contributed by atoms with Crippen molar-refractivity contribution in [2.45, 2.75) is 32.4 Å². The Bertz CT molecular complexity index is 342. The highest BCUT2D eigenvalue weighted by molar-refractivity contribution is 5.68. The van der Waals surface area contributed by atoms with Gasteiger partial charge < -0.3 is 24.8 Å². The molecule has 1 spiro atoms. The zero-order valence-corrected chi connectivity index (χ0v) is 12.0. The first-order chi connectivity index (χ1) is 8.82. The molecule has 6 heteroatoms. The van der Waals surface area contributed by atoms with Crippen LogP contribution in [0.3, 0.4) is 0 Å². The van der Waals surface area contributed by atoms with Crippen LogP contribution in [0.5, 0.6) is 0 Å². The molecule has 110 valence electrons. The third kappa shape index (κ3) is 3.38. The van der Waals surface area contributed by atoms with Crippen molar-refractivity contribution in [2.24, 2.45) is 11.1 Å². The van der Waals surface area contributed by atoms with Crippen LogP contribution in [0.4, 0.5) is 4.79 Å². The van der Waals surface area contributed by atoms with Crippen molar-refractivity contribution >= 4 is 6.09 Å². The van der Waals surface area contributed by atoms with Crippen LogP contribution in [0, 0.1) is 5.41 Å². The summed E-state index contributed by atoms with van der Waals surface area (Å²) < 4.78 is 16.5. The number of nitrogens with zero attached hydrogens (tertiary/aromatic N) is 1. The third-order valence-corrected chi connectivity index (χ3v) is 3.53. The minimum Gasteiger partial charge on any atom is -0.444 e. The summed E-state index contributed by atoms with van der Waals surface area (Å²) in [6, 6.07) is -0.101. The minimum absolute atomic E-state index is 0.101. The molecule has 2 fully saturated rings. The number of carbonyl (C=O) groups excluding carboxylic acids is 1. The van der Waals surface area contributed by atoms with Crippen LogP contribution in [-0.2, 0) is 14.2 Å². The second kappa shape index (κ2) is 5.26. The van der Waals surface area contributed by atoms with Crippen molar-refractivity contribution in [2.75, 3.05) is 39.5 Å². The first-order valence-corrected chi connectivity index (χ1v) is 6.71. The SMILES string of the molecule is CC(C)(C)OC(=O)N1CCOCC2(COCC2N)C1. The first kappa shape index (κ1) is 14.6. The molecule has 0 aromatic carbocycles. The minimum atomic E-state index is -0.494. The molecule has 2 unspecified atom stereocenters. The summed E-state index contributed by atoms with van der Waals surface area (Å²) in [6.45, 7) is 8.74. The maximum Gasteiger partial charge on any atom is 0.410 e. The lowest BCUT2D eigenvalue weighted by molar-refractivity contribution is 0.0162. The maximum absolute atomic E-state index is 12.2. The Labute approximate surface area is 114 Å². The highest BCUT2D eigenvalue weighted by Crippen LogP contribution is 2.31. The molecule has 6 nitrogen and oxygen atoms in total. The van der Waals surface area contributed by atoms with Gasteiger partial charge in [-0.25, -0.2) is 4.79 Å². The molecule has 2 rings (SSSR count). The number of amides is 1. The number of hydrogen-bond donors (Lipinski definition) is 1. The largest absolute Gasteiger partial charge is 0.444 e. The highest BCUT2D eigenvalue weighted by Gasteiger charge is 2.46. The zero-order valence-electron chi connectivity index (χ0n) is 12.0. The Hall–Kier alpha value is -0.850. The van der Waals surface area contributed by atoms with E-state index in [1.165, 1.54) is 0 Å². The van der Waals surface area contributed by atoms with Crippen LogP contribution in [0.25, 0.3) is 0 Å². The fourth-order valence-electron chi connectivity index (χ4n) is 2.42. The van der Waals surface area contributed by atoms with Crippen molar-refractivity contribution in [3.8, 4) is 0 Å². The van der Waals surface area contributed by atoms with Crippen LogP contribution >= 0.6 is 0 Å². The maximum atomic E-state index is 12.2. The Kier molecular flexibility index (Phi) is 4.03. The molecule has 0 aromatic rings. The number of rotatable bonds is 0. The van der Waals surface area contributed by atoms with Crippen LogP contribution < -0.4 is 5.73 Å². The molecule has 2 atom stereocenters. The molecule has 0 radical (unpaired) electrons. The Morgan fingerprint density at radius 2 is 2.05 bits per heavy atom. The van der Waals surface area contributed by atoms with Gasteiger partial charge in [-0.3, -0.25) is 0 Å². The van der Waals surface area contributed by atoms with Crippen molar-refractivity contribution in [3.63, 3.8) is 0 Å². The second-order valence-corrected chi connectivity index (χ2v) is 6.44. The average molecular weight is 272 g/mol. The molecule has 0 saturated carbocycles. The molecule has 2 aliphatic heterocycles. The standard InChI is InChI=1S/C13H24N2O4/c1-12(2,3)19-11(16)15-4-5-17-8-13(7-15)9-18-6-10(13)14/h10H,4-9,14H2,1-3H3. The Morgan fingerprint density at radius 1 is 1.37 bits per heavy atom. The van der Waals surface area contributed by atoms with E-state index in [4.69, 9.17) is 19.9 Å². The fourth-order valence-corrected chi connectivity index (χ4v) is 2.42. The third-order valence-electron chi connectivity index (χ3n) is 3.53. The van der Waals surface area contributed by atoms with Gasteiger partial charge in [0, 0.05) is 19.1 Å². The molecule has 2 heterocycles. The molecule has 0 bridgehead atoms. The van der Waals surface area contributed by atoms with Gasteiger partial charge in [-0.15, -0.1) is 0 Å². The van der Waals surface area contributed by atoms with E-state index in [-0.39, 0.29) is 17.6 Å². The van der Waals surface area contributed by atoms with Crippen molar-refractivity contribution in [1.82, 2.24) is 4.90 Å². The van der Waals surface area contributed by atoms with E-state index < -0.39 is 5.60 Å². The van der Waals surface area contributed by atoms with Crippen molar-refractivity contribution in [1.29, 1.82) is 0 Å². The molecule has 0 aromatic heterocycles. The van der Waals surface area contributed by atoms with E-state index in [1.54, 1.807) is 4.90 Å². The van der Waals surface area contributed by atoms with Gasteiger partial charge in [0.05, 0.1) is 31.8 Å². The van der Waals surface area contributed by atoms with Gasteiger partial charge in [0.25, 0.3) is 0 Å². The normalized spacial score (nSPS) is 32.4. The number of carbonyl (C=O) groups is 1. The van der Waals surface area contributed by atoms with Crippen LogP contribution in [0.1, 0.15) is 20.8 Å². The monoisotopic (exact) mass is 272 g/mol.